The highest BCUT2D eigenvalue weighted by Crippen LogP contribution is 2.36. The van der Waals surface area contributed by atoms with Gasteiger partial charge in [-0.1, -0.05) is 18.2 Å². The molecular weight excluding hydrogens is 332 g/mol. The second kappa shape index (κ2) is 5.57. The minimum atomic E-state index is -0.487. The van der Waals surface area contributed by atoms with Crippen molar-refractivity contribution in [2.75, 3.05) is 0 Å². The summed E-state index contributed by atoms with van der Waals surface area (Å²) in [5.74, 6) is 0. The van der Waals surface area contributed by atoms with E-state index < -0.39 is 10.5 Å². The Labute approximate surface area is 146 Å². The summed E-state index contributed by atoms with van der Waals surface area (Å²) in [5, 5.41) is 22.1. The van der Waals surface area contributed by atoms with Crippen LogP contribution in [0.15, 0.2) is 53.3 Å². The maximum absolute atomic E-state index is 12.5. The van der Waals surface area contributed by atoms with Gasteiger partial charge in [0, 0.05) is 35.5 Å². The van der Waals surface area contributed by atoms with Gasteiger partial charge in [0.2, 0.25) is 0 Å². The lowest BCUT2D eigenvalue weighted by Crippen LogP contribution is -2.13. The monoisotopic (exact) mass is 344 g/mol. The average Bonchev–Trinajstić information content (AvgIpc) is 2.93. The molecular formula is C19H12N4O3. The van der Waals surface area contributed by atoms with Crippen LogP contribution in [0.1, 0.15) is 5.56 Å². The molecule has 0 aliphatic rings. The Morgan fingerprint density at radius 3 is 2.50 bits per heavy atom. The molecule has 1 N–H and O–H groups in total. The predicted molar refractivity (Wildman–Crippen MR) is 97.9 cm³/mol. The molecule has 0 amide bonds. The van der Waals surface area contributed by atoms with E-state index in [4.69, 9.17) is 0 Å². The summed E-state index contributed by atoms with van der Waals surface area (Å²) in [6.07, 6.45) is 0. The molecule has 4 aromatic rings. The molecule has 2 aromatic carbocycles. The zero-order valence-corrected chi connectivity index (χ0v) is 13.7. The van der Waals surface area contributed by atoms with E-state index in [1.807, 2.05) is 41.9 Å². The van der Waals surface area contributed by atoms with Crippen LogP contribution in [0.5, 0.6) is 0 Å². The van der Waals surface area contributed by atoms with Crippen LogP contribution in [0.25, 0.3) is 33.1 Å². The normalized spacial score (nSPS) is 10.9. The lowest BCUT2D eigenvalue weighted by atomic mass is 9.97. The largest absolute Gasteiger partial charge is 0.330 e. The van der Waals surface area contributed by atoms with Crippen molar-refractivity contribution >= 4 is 27.6 Å². The van der Waals surface area contributed by atoms with Gasteiger partial charge >= 0.3 is 0 Å². The first-order valence-electron chi connectivity index (χ1n) is 7.81. The van der Waals surface area contributed by atoms with Gasteiger partial charge in [-0.05, 0) is 23.8 Å². The number of fused-ring (bicyclic) bond motifs is 3. The highest BCUT2D eigenvalue weighted by atomic mass is 16.6. The number of pyridine rings is 1. The van der Waals surface area contributed by atoms with Gasteiger partial charge in [-0.2, -0.15) is 5.26 Å². The maximum Gasteiger partial charge on any atom is 0.269 e. The van der Waals surface area contributed by atoms with Gasteiger partial charge < -0.3 is 9.55 Å². The molecule has 7 nitrogen and oxygen atoms in total. The van der Waals surface area contributed by atoms with E-state index in [0.717, 1.165) is 16.3 Å². The number of nitrogens with one attached hydrogen (secondary N) is 1. The molecule has 4 rings (SSSR count). The van der Waals surface area contributed by atoms with Crippen molar-refractivity contribution in [2.24, 2.45) is 7.05 Å². The van der Waals surface area contributed by atoms with Crippen molar-refractivity contribution in [3.05, 3.63) is 74.6 Å². The van der Waals surface area contributed by atoms with Crippen molar-refractivity contribution in [2.45, 2.75) is 0 Å². The van der Waals surface area contributed by atoms with E-state index in [0.29, 0.717) is 16.8 Å². The average molecular weight is 344 g/mol. The van der Waals surface area contributed by atoms with Gasteiger partial charge in [-0.25, -0.2) is 0 Å². The van der Waals surface area contributed by atoms with Crippen molar-refractivity contribution in [1.82, 2.24) is 9.55 Å². The van der Waals surface area contributed by atoms with E-state index in [1.54, 1.807) is 12.1 Å². The topological polar surface area (TPSA) is 105 Å². The Balaban J connectivity index is 2.19. The molecule has 0 aliphatic carbocycles. The van der Waals surface area contributed by atoms with Crippen LogP contribution in [-0.4, -0.2) is 14.5 Å². The second-order valence-corrected chi connectivity index (χ2v) is 5.92. The molecule has 0 saturated heterocycles. The molecule has 0 atom stereocenters. The lowest BCUT2D eigenvalue weighted by Gasteiger charge is -2.07. The Morgan fingerprint density at radius 2 is 1.85 bits per heavy atom. The first-order chi connectivity index (χ1) is 12.5. The van der Waals surface area contributed by atoms with Crippen molar-refractivity contribution in [1.29, 1.82) is 5.26 Å². The number of aryl methyl sites for hydroxylation is 1. The standard InChI is InChI=1S/C19H12N4O3/c1-22-15-5-3-2-4-13(15)17-16(14(10-20)19(24)21-18(17)22)11-6-8-12(9-7-11)23(25)26/h2-9H,1H3,(H,21,24). The Hall–Kier alpha value is -3.92. The highest BCUT2D eigenvalue weighted by Gasteiger charge is 2.20. The number of nitro benzene ring substituents is 1. The highest BCUT2D eigenvalue weighted by molar-refractivity contribution is 6.14. The molecule has 0 fully saturated rings. The van der Waals surface area contributed by atoms with Crippen LogP contribution in [0.4, 0.5) is 5.69 Å². The number of rotatable bonds is 2. The van der Waals surface area contributed by atoms with Gasteiger partial charge in [0.05, 0.1) is 10.4 Å². The van der Waals surface area contributed by atoms with E-state index in [9.17, 15) is 20.2 Å². The molecule has 2 aromatic heterocycles. The summed E-state index contributed by atoms with van der Waals surface area (Å²) in [7, 11) is 1.84. The van der Waals surface area contributed by atoms with Gasteiger partial charge in [0.25, 0.3) is 11.2 Å². The number of non-ortho nitro benzene ring substituents is 1. The van der Waals surface area contributed by atoms with Gasteiger partial charge in [0.15, 0.2) is 0 Å². The van der Waals surface area contributed by atoms with Gasteiger partial charge in [-0.15, -0.1) is 0 Å². The van der Waals surface area contributed by atoms with Gasteiger partial charge in [0.1, 0.15) is 17.3 Å². The number of nitriles is 1. The van der Waals surface area contributed by atoms with Crippen LogP contribution in [-0.2, 0) is 7.05 Å². The van der Waals surface area contributed by atoms with Crippen molar-refractivity contribution < 1.29 is 4.92 Å². The summed E-state index contributed by atoms with van der Waals surface area (Å²) in [6.45, 7) is 0. The van der Waals surface area contributed by atoms with Crippen LogP contribution in [0, 0.1) is 21.4 Å². The SMILES string of the molecule is Cn1c2ccccc2c2c(-c3ccc([N+](=O)[O-])cc3)c(C#N)c(=O)[nH]c21. The van der Waals surface area contributed by atoms with Crippen LogP contribution in [0.3, 0.4) is 0 Å². The third kappa shape index (κ3) is 2.09. The molecule has 26 heavy (non-hydrogen) atoms. The minimum Gasteiger partial charge on any atom is -0.330 e. The molecule has 2 heterocycles. The Kier molecular flexibility index (Phi) is 3.34. The summed E-state index contributed by atoms with van der Waals surface area (Å²) in [4.78, 5) is 25.7. The van der Waals surface area contributed by atoms with Crippen molar-refractivity contribution in [3.8, 4) is 17.2 Å². The maximum atomic E-state index is 12.5. The minimum absolute atomic E-state index is 0.0114. The second-order valence-electron chi connectivity index (χ2n) is 5.92. The van der Waals surface area contributed by atoms with E-state index >= 15 is 0 Å². The summed E-state index contributed by atoms with van der Waals surface area (Å²) in [5.41, 5.74) is 2.03. The fourth-order valence-corrected chi connectivity index (χ4v) is 3.35. The summed E-state index contributed by atoms with van der Waals surface area (Å²) >= 11 is 0. The first-order valence-corrected chi connectivity index (χ1v) is 7.81. The molecule has 0 spiro atoms. The summed E-state index contributed by atoms with van der Waals surface area (Å²) in [6, 6.07) is 15.5. The van der Waals surface area contributed by atoms with Crippen LogP contribution < -0.4 is 5.56 Å². The zero-order chi connectivity index (χ0) is 18.4. The molecule has 0 saturated carbocycles. The smallest absolute Gasteiger partial charge is 0.269 e. The van der Waals surface area contributed by atoms with Crippen molar-refractivity contribution in [3.63, 3.8) is 0 Å². The number of nitrogens with zero attached hydrogens (tertiary/aromatic N) is 3. The number of aromatic nitrogens is 2. The number of aromatic amines is 1. The fourth-order valence-electron chi connectivity index (χ4n) is 3.35. The fraction of sp³-hybridized carbons (Fsp3) is 0.0526. The van der Waals surface area contributed by atoms with E-state index in [1.165, 1.54) is 12.1 Å². The van der Waals surface area contributed by atoms with E-state index in [2.05, 4.69) is 4.98 Å². The first kappa shape index (κ1) is 15.6. The predicted octanol–water partition coefficient (Wildman–Crippen LogP) is 3.47. The zero-order valence-electron chi connectivity index (χ0n) is 13.7. The number of para-hydroxylation sites is 1. The molecule has 0 aliphatic heterocycles. The quantitative estimate of drug-likeness (QED) is 0.444. The number of nitro groups is 1. The molecule has 126 valence electrons. The van der Waals surface area contributed by atoms with Crippen LogP contribution in [0.2, 0.25) is 0 Å². The number of hydrogen-bond donors (Lipinski definition) is 1. The third-order valence-corrected chi connectivity index (χ3v) is 4.54. The molecule has 0 unspecified atom stereocenters. The number of benzene rings is 2. The Bertz CT molecular complexity index is 1290. The van der Waals surface area contributed by atoms with E-state index in [-0.39, 0.29) is 11.3 Å². The molecule has 7 heteroatoms. The molecule has 0 bridgehead atoms. The summed E-state index contributed by atoms with van der Waals surface area (Å²) < 4.78 is 1.86. The Morgan fingerprint density at radius 1 is 1.15 bits per heavy atom. The third-order valence-electron chi connectivity index (χ3n) is 4.54. The van der Waals surface area contributed by atoms with Crippen LogP contribution >= 0.6 is 0 Å². The number of hydrogen-bond acceptors (Lipinski definition) is 4. The lowest BCUT2D eigenvalue weighted by molar-refractivity contribution is -0.384. The van der Waals surface area contributed by atoms with Gasteiger partial charge in [-0.3, -0.25) is 14.9 Å². The number of H-pyrrole nitrogens is 1. The molecule has 0 radical (unpaired) electrons.